The largest absolute Gasteiger partial charge is 0.481 e. The van der Waals surface area contributed by atoms with E-state index in [2.05, 4.69) is 60.1 Å². The first-order valence-corrected chi connectivity index (χ1v) is 27.5. The SMILES string of the molecule is CC#CCOc1ccc2cc(C3(c4ccc(Oc5ccc(C6(c7ccc8cc(OCC#CC)ccc8c7)c7ccccc7S(=O)(=O)c7ccccc76)cc5)cc4)c4ccccc4S(=O)(=O)c4ccccc43)ccc2c1. The third-order valence-electron chi connectivity index (χ3n) is 14.6. The molecule has 0 aromatic heterocycles. The topological polar surface area (TPSA) is 96.0 Å². The van der Waals surface area contributed by atoms with Crippen LogP contribution in [0.2, 0.25) is 0 Å². The smallest absolute Gasteiger partial charge is 0.207 e. The maximum atomic E-state index is 14.5. The van der Waals surface area contributed by atoms with Crippen LogP contribution >= 0.6 is 0 Å². The molecule has 0 unspecified atom stereocenters. The molecule has 75 heavy (non-hydrogen) atoms. The van der Waals surface area contributed by atoms with Gasteiger partial charge in [-0.1, -0.05) is 145 Å². The second kappa shape index (κ2) is 18.6. The van der Waals surface area contributed by atoms with E-state index in [1.807, 2.05) is 133 Å². The summed E-state index contributed by atoms with van der Waals surface area (Å²) in [5, 5.41) is 3.88. The zero-order valence-electron chi connectivity index (χ0n) is 40.9. The Hall–Kier alpha value is -8.86. The number of hydrogen-bond acceptors (Lipinski definition) is 7. The van der Waals surface area contributed by atoms with Crippen LogP contribution in [-0.4, -0.2) is 30.0 Å². The summed E-state index contributed by atoms with van der Waals surface area (Å²) >= 11 is 0. The molecule has 12 rings (SSSR count). The van der Waals surface area contributed by atoms with E-state index in [4.69, 9.17) is 14.2 Å². The van der Waals surface area contributed by atoms with E-state index in [9.17, 15) is 16.8 Å². The molecule has 2 aliphatic rings. The minimum absolute atomic E-state index is 0.254. The summed E-state index contributed by atoms with van der Waals surface area (Å²) in [6.45, 7) is 4.14. The van der Waals surface area contributed by atoms with Gasteiger partial charge in [-0.25, -0.2) is 16.8 Å². The lowest BCUT2D eigenvalue weighted by Gasteiger charge is -2.42. The van der Waals surface area contributed by atoms with Gasteiger partial charge >= 0.3 is 0 Å². The Morgan fingerprint density at radius 3 is 0.987 bits per heavy atom. The number of benzene rings is 10. The fourth-order valence-corrected chi connectivity index (χ4v) is 14.9. The molecule has 0 atom stereocenters. The Morgan fingerprint density at radius 1 is 0.347 bits per heavy atom. The third kappa shape index (κ3) is 7.58. The molecule has 0 saturated carbocycles. The van der Waals surface area contributed by atoms with E-state index in [0.717, 1.165) is 43.8 Å². The number of fused-ring (bicyclic) bond motifs is 6. The van der Waals surface area contributed by atoms with Crippen molar-refractivity contribution in [2.75, 3.05) is 13.2 Å². The molecule has 0 aliphatic carbocycles. The lowest BCUT2D eigenvalue weighted by atomic mass is 9.64. The van der Waals surface area contributed by atoms with E-state index in [1.54, 1.807) is 62.4 Å². The number of ether oxygens (including phenoxy) is 3. The Bertz CT molecular complexity index is 3910. The van der Waals surface area contributed by atoms with Crippen molar-refractivity contribution in [2.24, 2.45) is 0 Å². The summed E-state index contributed by atoms with van der Waals surface area (Å²) in [6.07, 6.45) is 0. The molecule has 9 heteroatoms. The normalized spacial score (nSPS) is 14.8. The molecule has 7 nitrogen and oxygen atoms in total. The molecule has 2 aliphatic heterocycles. The van der Waals surface area contributed by atoms with Gasteiger partial charge in [-0.15, -0.1) is 11.8 Å². The van der Waals surface area contributed by atoms with E-state index in [1.165, 1.54) is 0 Å². The van der Waals surface area contributed by atoms with E-state index in [-0.39, 0.29) is 32.8 Å². The van der Waals surface area contributed by atoms with Crippen molar-refractivity contribution >= 4 is 41.2 Å². The number of rotatable bonds is 10. The van der Waals surface area contributed by atoms with Crippen LogP contribution in [0.15, 0.2) is 238 Å². The average Bonchev–Trinajstić information content (AvgIpc) is 3.46. The molecular formula is C66H46O7S2. The predicted octanol–water partition coefficient (Wildman–Crippen LogP) is 13.6. The summed E-state index contributed by atoms with van der Waals surface area (Å²) in [7, 11) is -7.75. The van der Waals surface area contributed by atoms with Gasteiger partial charge in [0.2, 0.25) is 19.7 Å². The molecule has 0 bridgehead atoms. The summed E-state index contributed by atoms with van der Waals surface area (Å²) in [5.41, 5.74) is 4.03. The van der Waals surface area contributed by atoms with E-state index >= 15 is 0 Å². The quantitative estimate of drug-likeness (QED) is 0.126. The lowest BCUT2D eigenvalue weighted by molar-refractivity contribution is 0.370. The summed E-state index contributed by atoms with van der Waals surface area (Å²) in [6, 6.07) is 69.4. The molecule has 0 N–H and O–H groups in total. The maximum absolute atomic E-state index is 14.5. The van der Waals surface area contributed by atoms with Crippen molar-refractivity contribution in [1.82, 2.24) is 0 Å². The predicted molar refractivity (Wildman–Crippen MR) is 293 cm³/mol. The highest BCUT2D eigenvalue weighted by Gasteiger charge is 2.50. The third-order valence-corrected chi connectivity index (χ3v) is 18.3. The van der Waals surface area contributed by atoms with Crippen molar-refractivity contribution in [2.45, 2.75) is 44.3 Å². The average molecular weight is 1020 g/mol. The summed E-state index contributed by atoms with van der Waals surface area (Å²) in [4.78, 5) is 1.02. The van der Waals surface area contributed by atoms with Crippen molar-refractivity contribution in [3.63, 3.8) is 0 Å². The molecule has 0 amide bonds. The fraction of sp³-hybridized carbons (Fsp3) is 0.0909. The van der Waals surface area contributed by atoms with Gasteiger partial charge in [-0.05, 0) is 165 Å². The van der Waals surface area contributed by atoms with Crippen LogP contribution in [0.1, 0.15) is 58.4 Å². The molecule has 0 fully saturated rings. The summed E-state index contributed by atoms with van der Waals surface area (Å²) in [5.74, 6) is 14.2. The number of hydrogen-bond donors (Lipinski definition) is 0. The Kier molecular flexibility index (Phi) is 11.7. The highest BCUT2D eigenvalue weighted by molar-refractivity contribution is 7.92. The Balaban J connectivity index is 0.957. The number of sulfone groups is 2. The second-order valence-corrected chi connectivity index (χ2v) is 22.3. The standard InChI is InChI=1S/C66H46O7S2/c1-3-5-39-71-55-33-25-45-41-51(27-23-47(45)43-55)65(57-15-7-11-19-61(57)74(67,68)62-20-12-8-16-58(62)65)49-29-35-53(36-30-49)73-54-37-31-50(32-38-54)66(52-28-24-48-44-56(72-40-6-4-2)34-26-46(48)42-52)59-17-9-13-21-63(59)75(69,70)64-22-14-10-18-60(64)66/h7-38,41-44H,39-40H2,1-2H3. The molecule has 2 heterocycles. The first-order valence-electron chi connectivity index (χ1n) is 24.5. The fourth-order valence-electron chi connectivity index (χ4n) is 11.3. The molecule has 10 aromatic carbocycles. The molecule has 0 spiro atoms. The van der Waals surface area contributed by atoms with Crippen LogP contribution in [0.3, 0.4) is 0 Å². The van der Waals surface area contributed by atoms with Gasteiger partial charge in [-0.3, -0.25) is 0 Å². The highest BCUT2D eigenvalue weighted by Crippen LogP contribution is 2.56. The monoisotopic (exact) mass is 1010 g/mol. The summed E-state index contributed by atoms with van der Waals surface area (Å²) < 4.78 is 76.3. The van der Waals surface area contributed by atoms with Gasteiger partial charge in [0.15, 0.2) is 0 Å². The van der Waals surface area contributed by atoms with E-state index < -0.39 is 30.5 Å². The molecule has 0 radical (unpaired) electrons. The Morgan fingerprint density at radius 2 is 0.640 bits per heavy atom. The van der Waals surface area contributed by atoms with Gasteiger partial charge in [0, 0.05) is 0 Å². The van der Waals surface area contributed by atoms with Crippen LogP contribution in [0.5, 0.6) is 23.0 Å². The molecule has 10 aromatic rings. The van der Waals surface area contributed by atoms with Crippen molar-refractivity contribution in [3.05, 3.63) is 263 Å². The molecule has 364 valence electrons. The van der Waals surface area contributed by atoms with Gasteiger partial charge in [-0.2, -0.15) is 0 Å². The minimum atomic E-state index is -3.87. The van der Waals surface area contributed by atoms with Gasteiger partial charge < -0.3 is 14.2 Å². The maximum Gasteiger partial charge on any atom is 0.207 e. The van der Waals surface area contributed by atoms with Crippen LogP contribution in [-0.2, 0) is 30.5 Å². The first-order chi connectivity index (χ1) is 36.6. The van der Waals surface area contributed by atoms with Crippen LogP contribution < -0.4 is 14.2 Å². The van der Waals surface area contributed by atoms with Crippen LogP contribution in [0.4, 0.5) is 0 Å². The Labute approximate surface area is 436 Å². The highest BCUT2D eigenvalue weighted by atomic mass is 32.2. The minimum Gasteiger partial charge on any atom is -0.481 e. The van der Waals surface area contributed by atoms with Gasteiger partial charge in [0.1, 0.15) is 36.2 Å². The van der Waals surface area contributed by atoms with E-state index in [0.29, 0.717) is 45.3 Å². The van der Waals surface area contributed by atoms with Crippen molar-refractivity contribution < 1.29 is 31.0 Å². The zero-order chi connectivity index (χ0) is 51.4. The zero-order valence-corrected chi connectivity index (χ0v) is 42.5. The molecule has 0 saturated heterocycles. The second-order valence-electron chi connectivity index (χ2n) is 18.5. The first kappa shape index (κ1) is 47.2. The van der Waals surface area contributed by atoms with Gasteiger partial charge in [0.05, 0.1) is 30.4 Å². The van der Waals surface area contributed by atoms with Crippen molar-refractivity contribution in [3.8, 4) is 46.7 Å². The molecular weight excluding hydrogens is 969 g/mol. The van der Waals surface area contributed by atoms with Crippen LogP contribution in [0, 0.1) is 23.7 Å². The van der Waals surface area contributed by atoms with Crippen molar-refractivity contribution in [1.29, 1.82) is 0 Å². The van der Waals surface area contributed by atoms with Crippen LogP contribution in [0.25, 0.3) is 21.5 Å². The lowest BCUT2D eigenvalue weighted by Crippen LogP contribution is -2.37. The van der Waals surface area contributed by atoms with Gasteiger partial charge in [0.25, 0.3) is 0 Å².